The minimum absolute atomic E-state index is 0.0787. The van der Waals surface area contributed by atoms with E-state index >= 15 is 0 Å². The van der Waals surface area contributed by atoms with Crippen LogP contribution in [0.1, 0.15) is 13.3 Å². The molecule has 0 spiro atoms. The third-order valence-corrected chi connectivity index (χ3v) is 4.46. The summed E-state index contributed by atoms with van der Waals surface area (Å²) in [6.07, 6.45) is 2.63. The van der Waals surface area contributed by atoms with Crippen molar-refractivity contribution in [3.63, 3.8) is 0 Å². The lowest BCUT2D eigenvalue weighted by molar-refractivity contribution is -0.121. The van der Waals surface area contributed by atoms with Crippen LogP contribution in [0.5, 0.6) is 0 Å². The zero-order chi connectivity index (χ0) is 16.8. The molecular formula is C19H24N4O. The summed E-state index contributed by atoms with van der Waals surface area (Å²) in [7, 11) is 0. The summed E-state index contributed by atoms with van der Waals surface area (Å²) in [5, 5.41) is 3.03. The molecule has 1 saturated heterocycles. The van der Waals surface area contributed by atoms with Crippen molar-refractivity contribution in [2.24, 2.45) is 0 Å². The highest BCUT2D eigenvalue weighted by atomic mass is 16.2. The summed E-state index contributed by atoms with van der Waals surface area (Å²) in [6.45, 7) is 5.60. The van der Waals surface area contributed by atoms with Gasteiger partial charge in [0.05, 0.1) is 6.04 Å². The molecule has 5 nitrogen and oxygen atoms in total. The van der Waals surface area contributed by atoms with Crippen LogP contribution in [0.3, 0.4) is 0 Å². The van der Waals surface area contributed by atoms with Gasteiger partial charge >= 0.3 is 0 Å². The number of piperazine rings is 1. The van der Waals surface area contributed by atoms with Gasteiger partial charge < -0.3 is 10.2 Å². The second-order valence-corrected chi connectivity index (χ2v) is 5.99. The molecule has 0 bridgehead atoms. The number of hydrogen-bond donors (Lipinski definition) is 1. The van der Waals surface area contributed by atoms with Crippen LogP contribution in [0.15, 0.2) is 54.7 Å². The SMILES string of the molecule is CC[C@H](C(=O)Nc1ccccc1)N1CCN(c2ccccn2)CC1. The van der Waals surface area contributed by atoms with Crippen molar-refractivity contribution < 1.29 is 4.79 Å². The van der Waals surface area contributed by atoms with E-state index in [-0.39, 0.29) is 11.9 Å². The Morgan fingerprint density at radius 3 is 2.42 bits per heavy atom. The molecule has 24 heavy (non-hydrogen) atoms. The number of aromatic nitrogens is 1. The first-order valence-corrected chi connectivity index (χ1v) is 8.54. The minimum Gasteiger partial charge on any atom is -0.354 e. The number of hydrogen-bond acceptors (Lipinski definition) is 4. The molecule has 1 aromatic heterocycles. The molecule has 0 radical (unpaired) electrons. The van der Waals surface area contributed by atoms with E-state index in [1.165, 1.54) is 0 Å². The van der Waals surface area contributed by atoms with Crippen LogP contribution in [-0.4, -0.2) is 48.0 Å². The Balaban J connectivity index is 1.58. The summed E-state index contributed by atoms with van der Waals surface area (Å²) in [4.78, 5) is 21.6. The van der Waals surface area contributed by atoms with Gasteiger partial charge in [0, 0.05) is 38.1 Å². The Kier molecular flexibility index (Phi) is 5.43. The van der Waals surface area contributed by atoms with Crippen molar-refractivity contribution in [3.05, 3.63) is 54.7 Å². The van der Waals surface area contributed by atoms with E-state index in [1.807, 2.05) is 54.7 Å². The van der Waals surface area contributed by atoms with Gasteiger partial charge in [-0.2, -0.15) is 0 Å². The summed E-state index contributed by atoms with van der Waals surface area (Å²) >= 11 is 0. The zero-order valence-electron chi connectivity index (χ0n) is 14.1. The molecule has 126 valence electrons. The summed E-state index contributed by atoms with van der Waals surface area (Å²) in [5.41, 5.74) is 0.855. The van der Waals surface area contributed by atoms with Crippen molar-refractivity contribution in [1.82, 2.24) is 9.88 Å². The van der Waals surface area contributed by atoms with Gasteiger partial charge in [-0.25, -0.2) is 4.98 Å². The number of nitrogens with one attached hydrogen (secondary N) is 1. The number of nitrogens with zero attached hydrogens (tertiary/aromatic N) is 3. The smallest absolute Gasteiger partial charge is 0.241 e. The lowest BCUT2D eigenvalue weighted by atomic mass is 10.1. The molecule has 1 aromatic carbocycles. The monoisotopic (exact) mass is 324 g/mol. The van der Waals surface area contributed by atoms with Gasteiger partial charge in [-0.05, 0) is 30.7 Å². The van der Waals surface area contributed by atoms with Crippen LogP contribution in [0, 0.1) is 0 Å². The molecule has 1 atom stereocenters. The molecule has 2 aromatic rings. The van der Waals surface area contributed by atoms with Gasteiger partial charge in [-0.1, -0.05) is 31.2 Å². The van der Waals surface area contributed by atoms with E-state index in [2.05, 4.69) is 27.0 Å². The van der Waals surface area contributed by atoms with Crippen molar-refractivity contribution in [3.8, 4) is 0 Å². The number of rotatable bonds is 5. The van der Waals surface area contributed by atoms with Crippen molar-refractivity contribution in [2.45, 2.75) is 19.4 Å². The third-order valence-electron chi connectivity index (χ3n) is 4.46. The Labute approximate surface area is 143 Å². The van der Waals surface area contributed by atoms with E-state index in [1.54, 1.807) is 0 Å². The van der Waals surface area contributed by atoms with Gasteiger partial charge in [-0.15, -0.1) is 0 Å². The fourth-order valence-electron chi connectivity index (χ4n) is 3.16. The van der Waals surface area contributed by atoms with Crippen LogP contribution in [0.4, 0.5) is 11.5 Å². The second-order valence-electron chi connectivity index (χ2n) is 5.99. The van der Waals surface area contributed by atoms with Gasteiger partial charge in [0.25, 0.3) is 0 Å². The van der Waals surface area contributed by atoms with Crippen LogP contribution < -0.4 is 10.2 Å². The predicted octanol–water partition coefficient (Wildman–Crippen LogP) is 2.62. The zero-order valence-corrected chi connectivity index (χ0v) is 14.1. The molecule has 0 saturated carbocycles. The van der Waals surface area contributed by atoms with E-state index in [0.29, 0.717) is 0 Å². The Bertz CT molecular complexity index is 639. The number of amides is 1. The van der Waals surface area contributed by atoms with Crippen molar-refractivity contribution >= 4 is 17.4 Å². The van der Waals surface area contributed by atoms with E-state index in [0.717, 1.165) is 44.1 Å². The molecule has 0 aliphatic carbocycles. The number of carbonyl (C=O) groups is 1. The molecule has 5 heteroatoms. The topological polar surface area (TPSA) is 48.5 Å². The van der Waals surface area contributed by atoms with E-state index in [4.69, 9.17) is 0 Å². The maximum atomic E-state index is 12.6. The Morgan fingerprint density at radius 2 is 1.79 bits per heavy atom. The number of para-hydroxylation sites is 1. The van der Waals surface area contributed by atoms with Crippen LogP contribution in [0.2, 0.25) is 0 Å². The molecule has 2 heterocycles. The number of benzene rings is 1. The highest BCUT2D eigenvalue weighted by molar-refractivity contribution is 5.94. The summed E-state index contributed by atoms with van der Waals surface area (Å²) < 4.78 is 0. The highest BCUT2D eigenvalue weighted by Gasteiger charge is 2.28. The minimum atomic E-state index is -0.0870. The third kappa shape index (κ3) is 3.92. The quantitative estimate of drug-likeness (QED) is 0.918. The van der Waals surface area contributed by atoms with Crippen LogP contribution in [0.25, 0.3) is 0 Å². The number of pyridine rings is 1. The van der Waals surface area contributed by atoms with E-state index in [9.17, 15) is 4.79 Å². The molecule has 3 rings (SSSR count). The largest absolute Gasteiger partial charge is 0.354 e. The first-order chi connectivity index (χ1) is 11.8. The van der Waals surface area contributed by atoms with Gasteiger partial charge in [-0.3, -0.25) is 9.69 Å². The molecule has 1 aliphatic rings. The fourth-order valence-corrected chi connectivity index (χ4v) is 3.16. The van der Waals surface area contributed by atoms with Crippen LogP contribution >= 0.6 is 0 Å². The molecule has 1 N–H and O–H groups in total. The molecule has 0 unspecified atom stereocenters. The second kappa shape index (κ2) is 7.93. The maximum absolute atomic E-state index is 12.6. The maximum Gasteiger partial charge on any atom is 0.241 e. The fraction of sp³-hybridized carbons (Fsp3) is 0.368. The standard InChI is InChI=1S/C19H24N4O/c1-2-17(19(24)21-16-8-4-3-5-9-16)22-12-14-23(15-13-22)18-10-6-7-11-20-18/h3-11,17H,2,12-15H2,1H3,(H,21,24)/t17-/m1/s1. The van der Waals surface area contributed by atoms with Gasteiger partial charge in [0.15, 0.2) is 0 Å². The van der Waals surface area contributed by atoms with Crippen molar-refractivity contribution in [1.29, 1.82) is 0 Å². The lowest BCUT2D eigenvalue weighted by Gasteiger charge is -2.38. The molecule has 1 fully saturated rings. The molecular weight excluding hydrogens is 300 g/mol. The predicted molar refractivity (Wildman–Crippen MR) is 97.2 cm³/mol. The lowest BCUT2D eigenvalue weighted by Crippen LogP contribution is -2.53. The number of anilines is 2. The molecule has 1 amide bonds. The average molecular weight is 324 g/mol. The summed E-state index contributed by atoms with van der Waals surface area (Å²) in [5.74, 6) is 1.09. The highest BCUT2D eigenvalue weighted by Crippen LogP contribution is 2.16. The molecule has 1 aliphatic heterocycles. The first-order valence-electron chi connectivity index (χ1n) is 8.54. The first kappa shape index (κ1) is 16.5. The van der Waals surface area contributed by atoms with E-state index < -0.39 is 0 Å². The van der Waals surface area contributed by atoms with Crippen molar-refractivity contribution in [2.75, 3.05) is 36.4 Å². The normalized spacial score (nSPS) is 16.6. The van der Waals surface area contributed by atoms with Gasteiger partial charge in [0.2, 0.25) is 5.91 Å². The van der Waals surface area contributed by atoms with Gasteiger partial charge in [0.1, 0.15) is 5.82 Å². The van der Waals surface area contributed by atoms with Crippen LogP contribution in [-0.2, 0) is 4.79 Å². The average Bonchev–Trinajstić information content (AvgIpc) is 2.64. The summed E-state index contributed by atoms with van der Waals surface area (Å²) in [6, 6.07) is 15.5. The number of carbonyl (C=O) groups excluding carboxylic acids is 1. The Morgan fingerprint density at radius 1 is 1.08 bits per heavy atom. The Hall–Kier alpha value is -2.40.